The number of para-hydroxylation sites is 1. The van der Waals surface area contributed by atoms with Crippen LogP contribution in [0.15, 0.2) is 28.7 Å². The molecule has 2 rings (SSSR count). The first-order chi connectivity index (χ1) is 9.19. The molecule has 104 valence electrons. The average Bonchev–Trinajstić information content (AvgIpc) is 2.87. The van der Waals surface area contributed by atoms with Crippen molar-refractivity contribution in [2.24, 2.45) is 0 Å². The van der Waals surface area contributed by atoms with Crippen molar-refractivity contribution in [3.05, 3.63) is 28.7 Å². The van der Waals surface area contributed by atoms with Gasteiger partial charge in [0, 0.05) is 17.6 Å². The van der Waals surface area contributed by atoms with E-state index < -0.39 is 0 Å². The summed E-state index contributed by atoms with van der Waals surface area (Å²) in [4.78, 5) is 11.8. The first-order valence-corrected chi connectivity index (χ1v) is 7.29. The van der Waals surface area contributed by atoms with Gasteiger partial charge in [0.25, 0.3) is 0 Å². The van der Waals surface area contributed by atoms with Gasteiger partial charge in [-0.1, -0.05) is 12.1 Å². The van der Waals surface area contributed by atoms with Gasteiger partial charge in [0.15, 0.2) is 0 Å². The number of carbonyl (C=O) groups excluding carboxylic acids is 1. The standard InChI is InChI=1S/C14H19BrN2O2/c1-19-11-7-6-10(8-11)16-9-14(18)17-13-5-3-2-4-12(13)15/h2-5,10-11,16H,6-9H2,1H3,(H,17,18). The quantitative estimate of drug-likeness (QED) is 0.874. The molecule has 0 aliphatic heterocycles. The molecule has 0 spiro atoms. The maximum Gasteiger partial charge on any atom is 0.238 e. The van der Waals surface area contributed by atoms with E-state index in [2.05, 4.69) is 26.6 Å². The van der Waals surface area contributed by atoms with Crippen LogP contribution < -0.4 is 10.6 Å². The molecule has 2 unspecified atom stereocenters. The van der Waals surface area contributed by atoms with Crippen LogP contribution in [0.5, 0.6) is 0 Å². The molecule has 1 amide bonds. The summed E-state index contributed by atoms with van der Waals surface area (Å²) in [7, 11) is 1.74. The van der Waals surface area contributed by atoms with E-state index in [0.29, 0.717) is 18.7 Å². The number of rotatable bonds is 5. The second-order valence-electron chi connectivity index (χ2n) is 4.78. The third-order valence-corrected chi connectivity index (χ3v) is 4.11. The number of hydrogen-bond acceptors (Lipinski definition) is 3. The maximum atomic E-state index is 11.8. The number of carbonyl (C=O) groups is 1. The van der Waals surface area contributed by atoms with E-state index in [1.165, 1.54) is 0 Å². The zero-order valence-corrected chi connectivity index (χ0v) is 12.6. The predicted octanol–water partition coefficient (Wildman–Crippen LogP) is 2.54. The SMILES string of the molecule is COC1CCC(NCC(=O)Nc2ccccc2Br)C1. The van der Waals surface area contributed by atoms with Gasteiger partial charge in [0.1, 0.15) is 0 Å². The fraction of sp³-hybridized carbons (Fsp3) is 0.500. The molecule has 19 heavy (non-hydrogen) atoms. The summed E-state index contributed by atoms with van der Waals surface area (Å²) in [5.74, 6) is -0.0206. The van der Waals surface area contributed by atoms with Crippen LogP contribution in [-0.2, 0) is 9.53 Å². The smallest absolute Gasteiger partial charge is 0.238 e. The van der Waals surface area contributed by atoms with Crippen molar-refractivity contribution in [2.75, 3.05) is 19.0 Å². The Balaban J connectivity index is 1.75. The van der Waals surface area contributed by atoms with Crippen molar-refractivity contribution < 1.29 is 9.53 Å². The Morgan fingerprint density at radius 3 is 2.89 bits per heavy atom. The van der Waals surface area contributed by atoms with Crippen molar-refractivity contribution in [1.82, 2.24) is 5.32 Å². The molecule has 0 bridgehead atoms. The van der Waals surface area contributed by atoms with E-state index in [1.54, 1.807) is 7.11 Å². The minimum absolute atomic E-state index is 0.0206. The van der Waals surface area contributed by atoms with Crippen LogP contribution in [0.3, 0.4) is 0 Å². The Morgan fingerprint density at radius 1 is 1.42 bits per heavy atom. The highest BCUT2D eigenvalue weighted by Crippen LogP contribution is 2.22. The third kappa shape index (κ3) is 4.30. The molecule has 0 saturated heterocycles. The Bertz CT molecular complexity index is 439. The van der Waals surface area contributed by atoms with E-state index in [4.69, 9.17) is 4.74 Å². The van der Waals surface area contributed by atoms with E-state index in [1.807, 2.05) is 24.3 Å². The van der Waals surface area contributed by atoms with Gasteiger partial charge in [-0.05, 0) is 47.3 Å². The zero-order valence-electron chi connectivity index (χ0n) is 11.0. The van der Waals surface area contributed by atoms with Crippen molar-refractivity contribution in [1.29, 1.82) is 0 Å². The van der Waals surface area contributed by atoms with Gasteiger partial charge in [-0.15, -0.1) is 0 Å². The number of methoxy groups -OCH3 is 1. The van der Waals surface area contributed by atoms with E-state index >= 15 is 0 Å². The number of benzene rings is 1. The summed E-state index contributed by atoms with van der Waals surface area (Å²) in [6.45, 7) is 0.336. The Kier molecular flexibility index (Phi) is 5.36. The van der Waals surface area contributed by atoms with Gasteiger partial charge in [0.05, 0.1) is 18.3 Å². The number of anilines is 1. The van der Waals surface area contributed by atoms with Crippen LogP contribution in [0.2, 0.25) is 0 Å². The topological polar surface area (TPSA) is 50.4 Å². The summed E-state index contributed by atoms with van der Waals surface area (Å²) in [5.41, 5.74) is 0.801. The van der Waals surface area contributed by atoms with Crippen molar-refractivity contribution >= 4 is 27.5 Å². The van der Waals surface area contributed by atoms with Gasteiger partial charge in [-0.2, -0.15) is 0 Å². The summed E-state index contributed by atoms with van der Waals surface area (Å²) >= 11 is 3.41. The van der Waals surface area contributed by atoms with Crippen molar-refractivity contribution in [3.63, 3.8) is 0 Å². The summed E-state index contributed by atoms with van der Waals surface area (Å²) in [6.07, 6.45) is 3.46. The van der Waals surface area contributed by atoms with Gasteiger partial charge < -0.3 is 15.4 Å². The fourth-order valence-corrected chi connectivity index (χ4v) is 2.72. The molecule has 1 aliphatic rings. The molecule has 4 nitrogen and oxygen atoms in total. The second-order valence-corrected chi connectivity index (χ2v) is 5.63. The number of ether oxygens (including phenoxy) is 1. The van der Waals surface area contributed by atoms with Crippen LogP contribution >= 0.6 is 15.9 Å². The normalized spacial score (nSPS) is 22.4. The molecular formula is C14H19BrN2O2. The van der Waals surface area contributed by atoms with Gasteiger partial charge in [-0.3, -0.25) is 4.79 Å². The molecular weight excluding hydrogens is 308 g/mol. The molecule has 2 atom stereocenters. The fourth-order valence-electron chi connectivity index (χ4n) is 2.33. The largest absolute Gasteiger partial charge is 0.381 e. The summed E-state index contributed by atoms with van der Waals surface area (Å²) in [6, 6.07) is 7.98. The van der Waals surface area contributed by atoms with Crippen LogP contribution in [0.25, 0.3) is 0 Å². The van der Waals surface area contributed by atoms with Crippen LogP contribution in [-0.4, -0.2) is 31.7 Å². The number of nitrogens with one attached hydrogen (secondary N) is 2. The second kappa shape index (κ2) is 7.03. The summed E-state index contributed by atoms with van der Waals surface area (Å²) in [5, 5.41) is 6.16. The Hall–Kier alpha value is -0.910. The van der Waals surface area contributed by atoms with Crippen LogP contribution in [0.1, 0.15) is 19.3 Å². The average molecular weight is 327 g/mol. The summed E-state index contributed by atoms with van der Waals surface area (Å²) < 4.78 is 6.21. The maximum absolute atomic E-state index is 11.8. The van der Waals surface area contributed by atoms with Crippen molar-refractivity contribution in [2.45, 2.75) is 31.4 Å². The zero-order chi connectivity index (χ0) is 13.7. The molecule has 0 radical (unpaired) electrons. The molecule has 0 heterocycles. The van der Waals surface area contributed by atoms with E-state index in [-0.39, 0.29) is 5.91 Å². The lowest BCUT2D eigenvalue weighted by Crippen LogP contribution is -2.35. The Labute approximate surface area is 122 Å². The minimum Gasteiger partial charge on any atom is -0.381 e. The third-order valence-electron chi connectivity index (χ3n) is 3.42. The first kappa shape index (κ1) is 14.5. The molecule has 5 heteroatoms. The number of hydrogen-bond donors (Lipinski definition) is 2. The predicted molar refractivity (Wildman–Crippen MR) is 79.2 cm³/mol. The number of halogens is 1. The van der Waals surface area contributed by atoms with Gasteiger partial charge in [0.2, 0.25) is 5.91 Å². The molecule has 1 aromatic rings. The highest BCUT2D eigenvalue weighted by Gasteiger charge is 2.24. The molecule has 1 aliphatic carbocycles. The molecule has 1 aromatic carbocycles. The molecule has 1 fully saturated rings. The molecule has 0 aromatic heterocycles. The minimum atomic E-state index is -0.0206. The van der Waals surface area contributed by atoms with Crippen molar-refractivity contribution in [3.8, 4) is 0 Å². The molecule has 2 N–H and O–H groups in total. The highest BCUT2D eigenvalue weighted by molar-refractivity contribution is 9.10. The van der Waals surface area contributed by atoms with Crippen LogP contribution in [0, 0.1) is 0 Å². The van der Waals surface area contributed by atoms with E-state index in [9.17, 15) is 4.79 Å². The van der Waals surface area contributed by atoms with E-state index in [0.717, 1.165) is 29.4 Å². The number of amides is 1. The lowest BCUT2D eigenvalue weighted by Gasteiger charge is -2.13. The van der Waals surface area contributed by atoms with Gasteiger partial charge >= 0.3 is 0 Å². The lowest BCUT2D eigenvalue weighted by atomic mass is 10.2. The Morgan fingerprint density at radius 2 is 2.21 bits per heavy atom. The highest BCUT2D eigenvalue weighted by atomic mass is 79.9. The van der Waals surface area contributed by atoms with Crippen LogP contribution in [0.4, 0.5) is 5.69 Å². The van der Waals surface area contributed by atoms with Gasteiger partial charge in [-0.25, -0.2) is 0 Å². The monoisotopic (exact) mass is 326 g/mol. The molecule has 1 saturated carbocycles. The first-order valence-electron chi connectivity index (χ1n) is 6.49. The lowest BCUT2D eigenvalue weighted by molar-refractivity contribution is -0.115.